The predicted molar refractivity (Wildman–Crippen MR) is 104 cm³/mol. The van der Waals surface area contributed by atoms with Gasteiger partial charge < -0.3 is 14.6 Å². The predicted octanol–water partition coefficient (Wildman–Crippen LogP) is 5.03. The number of ether oxygens (including phenoxy) is 2. The van der Waals surface area contributed by atoms with Gasteiger partial charge in [0.15, 0.2) is 12.2 Å². The van der Waals surface area contributed by atoms with Crippen LogP contribution in [0.2, 0.25) is 0 Å². The molecule has 0 amide bonds. The lowest BCUT2D eigenvalue weighted by atomic mass is 10.0. The first-order chi connectivity index (χ1) is 12.9. The second-order valence-corrected chi connectivity index (χ2v) is 7.19. The number of aliphatic carboxylic acids is 1. The quantitative estimate of drug-likeness (QED) is 0.279. The van der Waals surface area contributed by atoms with Gasteiger partial charge in [0, 0.05) is 6.42 Å². The number of hydrogen-bond donors (Lipinski definition) is 1. The highest BCUT2D eigenvalue weighted by atomic mass is 16.6. The standard InChI is InChI=1S/C21H38O6/c1-4-5-6-7-8-9-10-11-12-13-14-15-16-19(22)26-18(3)21(25)27-17(2)20(23)24/h17-18H,4-16H2,1-3H3,(H,23,24). The molecule has 0 aromatic carbocycles. The van der Waals surface area contributed by atoms with Crippen molar-refractivity contribution in [1.29, 1.82) is 0 Å². The summed E-state index contributed by atoms with van der Waals surface area (Å²) in [5.41, 5.74) is 0. The summed E-state index contributed by atoms with van der Waals surface area (Å²) in [5.74, 6) is -2.53. The molecule has 0 aliphatic carbocycles. The third-order valence-corrected chi connectivity index (χ3v) is 4.52. The molecule has 0 spiro atoms. The monoisotopic (exact) mass is 386 g/mol. The summed E-state index contributed by atoms with van der Waals surface area (Å²) in [6.45, 7) is 4.87. The van der Waals surface area contributed by atoms with Gasteiger partial charge in [-0.3, -0.25) is 4.79 Å². The average Bonchev–Trinajstić information content (AvgIpc) is 2.62. The van der Waals surface area contributed by atoms with Crippen molar-refractivity contribution in [3.8, 4) is 0 Å². The summed E-state index contributed by atoms with van der Waals surface area (Å²) < 4.78 is 9.66. The second kappa shape index (κ2) is 16.6. The van der Waals surface area contributed by atoms with Crippen LogP contribution < -0.4 is 0 Å². The molecule has 0 bridgehead atoms. The highest BCUT2D eigenvalue weighted by Gasteiger charge is 2.23. The van der Waals surface area contributed by atoms with Crippen LogP contribution in [-0.2, 0) is 23.9 Å². The van der Waals surface area contributed by atoms with Gasteiger partial charge in [-0.1, -0.05) is 77.6 Å². The first kappa shape index (κ1) is 25.4. The Morgan fingerprint density at radius 2 is 1.15 bits per heavy atom. The van der Waals surface area contributed by atoms with E-state index >= 15 is 0 Å². The molecule has 0 radical (unpaired) electrons. The van der Waals surface area contributed by atoms with Gasteiger partial charge in [0.2, 0.25) is 0 Å². The molecule has 0 saturated heterocycles. The SMILES string of the molecule is CCCCCCCCCCCCCCC(=O)OC(C)C(=O)OC(C)C(=O)O. The molecule has 0 aromatic heterocycles. The summed E-state index contributed by atoms with van der Waals surface area (Å²) >= 11 is 0. The van der Waals surface area contributed by atoms with E-state index in [4.69, 9.17) is 9.84 Å². The van der Waals surface area contributed by atoms with Crippen LogP contribution in [0.5, 0.6) is 0 Å². The molecule has 2 unspecified atom stereocenters. The van der Waals surface area contributed by atoms with E-state index in [0.29, 0.717) is 0 Å². The van der Waals surface area contributed by atoms with Gasteiger partial charge in [-0.15, -0.1) is 0 Å². The van der Waals surface area contributed by atoms with E-state index in [-0.39, 0.29) is 6.42 Å². The minimum atomic E-state index is -1.25. The number of carboxylic acid groups (broad SMARTS) is 1. The van der Waals surface area contributed by atoms with Crippen molar-refractivity contribution in [2.45, 2.75) is 116 Å². The van der Waals surface area contributed by atoms with Crippen molar-refractivity contribution in [3.05, 3.63) is 0 Å². The van der Waals surface area contributed by atoms with E-state index in [1.165, 1.54) is 71.6 Å². The van der Waals surface area contributed by atoms with E-state index in [9.17, 15) is 14.4 Å². The lowest BCUT2D eigenvalue weighted by molar-refractivity contribution is -0.174. The Bertz CT molecular complexity index is 421. The van der Waals surface area contributed by atoms with E-state index in [1.54, 1.807) is 0 Å². The lowest BCUT2D eigenvalue weighted by Gasteiger charge is -2.14. The zero-order chi connectivity index (χ0) is 20.5. The van der Waals surface area contributed by atoms with Gasteiger partial charge in [0.1, 0.15) is 0 Å². The first-order valence-electron chi connectivity index (χ1n) is 10.5. The number of carbonyl (C=O) groups is 3. The molecule has 2 atom stereocenters. The molecule has 0 aromatic rings. The molecule has 6 heteroatoms. The molecule has 0 aliphatic heterocycles. The normalized spacial score (nSPS) is 13.0. The topological polar surface area (TPSA) is 89.9 Å². The van der Waals surface area contributed by atoms with Crippen molar-refractivity contribution in [2.24, 2.45) is 0 Å². The fraction of sp³-hybridized carbons (Fsp3) is 0.857. The van der Waals surface area contributed by atoms with Gasteiger partial charge in [0.25, 0.3) is 0 Å². The second-order valence-electron chi connectivity index (χ2n) is 7.19. The Hall–Kier alpha value is -1.59. The summed E-state index contributed by atoms with van der Waals surface area (Å²) in [7, 11) is 0. The van der Waals surface area contributed by atoms with Gasteiger partial charge >= 0.3 is 17.9 Å². The Morgan fingerprint density at radius 3 is 1.59 bits per heavy atom. The molecular weight excluding hydrogens is 348 g/mol. The molecule has 0 fully saturated rings. The van der Waals surface area contributed by atoms with E-state index in [1.807, 2.05) is 0 Å². The number of unbranched alkanes of at least 4 members (excludes halogenated alkanes) is 11. The maximum atomic E-state index is 11.7. The third kappa shape index (κ3) is 15.2. The maximum Gasteiger partial charge on any atom is 0.347 e. The van der Waals surface area contributed by atoms with Crippen LogP contribution in [-0.4, -0.2) is 35.2 Å². The molecule has 0 saturated carbocycles. The number of carboxylic acids is 1. The van der Waals surface area contributed by atoms with Gasteiger partial charge in [-0.2, -0.15) is 0 Å². The molecule has 1 N–H and O–H groups in total. The Kier molecular flexibility index (Phi) is 15.6. The molecule has 27 heavy (non-hydrogen) atoms. The summed E-state index contributed by atoms with van der Waals surface area (Å²) in [4.78, 5) is 34.0. The summed E-state index contributed by atoms with van der Waals surface area (Å²) in [6, 6.07) is 0. The van der Waals surface area contributed by atoms with Crippen LogP contribution in [0.4, 0.5) is 0 Å². The highest BCUT2D eigenvalue weighted by molar-refractivity contribution is 5.82. The van der Waals surface area contributed by atoms with E-state index < -0.39 is 30.1 Å². The van der Waals surface area contributed by atoms with Crippen molar-refractivity contribution in [1.82, 2.24) is 0 Å². The zero-order valence-electron chi connectivity index (χ0n) is 17.3. The van der Waals surface area contributed by atoms with Crippen molar-refractivity contribution in [3.63, 3.8) is 0 Å². The van der Waals surface area contributed by atoms with Gasteiger partial charge in [-0.05, 0) is 20.3 Å². The van der Waals surface area contributed by atoms with Crippen LogP contribution in [0.3, 0.4) is 0 Å². The number of rotatable bonds is 17. The van der Waals surface area contributed by atoms with Gasteiger partial charge in [0.05, 0.1) is 0 Å². The maximum absolute atomic E-state index is 11.7. The molecule has 0 heterocycles. The molecule has 6 nitrogen and oxygen atoms in total. The minimum Gasteiger partial charge on any atom is -0.479 e. The van der Waals surface area contributed by atoms with Crippen LogP contribution in [0.25, 0.3) is 0 Å². The first-order valence-corrected chi connectivity index (χ1v) is 10.5. The molecule has 0 aliphatic rings. The summed E-state index contributed by atoms with van der Waals surface area (Å²) in [5, 5.41) is 8.69. The number of hydrogen-bond acceptors (Lipinski definition) is 5. The van der Waals surface area contributed by atoms with Crippen LogP contribution >= 0.6 is 0 Å². The largest absolute Gasteiger partial charge is 0.479 e. The fourth-order valence-corrected chi connectivity index (χ4v) is 2.73. The average molecular weight is 387 g/mol. The van der Waals surface area contributed by atoms with E-state index in [2.05, 4.69) is 11.7 Å². The highest BCUT2D eigenvalue weighted by Crippen LogP contribution is 2.13. The Balaban J connectivity index is 3.55. The number of carbonyl (C=O) groups excluding carboxylic acids is 2. The smallest absolute Gasteiger partial charge is 0.347 e. The van der Waals surface area contributed by atoms with Crippen molar-refractivity contribution in [2.75, 3.05) is 0 Å². The van der Waals surface area contributed by atoms with E-state index in [0.717, 1.165) is 19.3 Å². The third-order valence-electron chi connectivity index (χ3n) is 4.52. The zero-order valence-corrected chi connectivity index (χ0v) is 17.3. The summed E-state index contributed by atoms with van der Waals surface area (Å²) in [6.07, 6.45) is 12.5. The Morgan fingerprint density at radius 1 is 0.704 bits per heavy atom. The van der Waals surface area contributed by atoms with Crippen molar-refractivity contribution >= 4 is 17.9 Å². The Labute approximate surface area is 164 Å². The number of esters is 2. The van der Waals surface area contributed by atoms with Crippen LogP contribution in [0.1, 0.15) is 104 Å². The molecule has 158 valence electrons. The minimum absolute atomic E-state index is 0.267. The molecular formula is C21H38O6. The van der Waals surface area contributed by atoms with Crippen LogP contribution in [0.15, 0.2) is 0 Å². The van der Waals surface area contributed by atoms with Crippen LogP contribution in [0, 0.1) is 0 Å². The van der Waals surface area contributed by atoms with Gasteiger partial charge in [-0.25, -0.2) is 9.59 Å². The fourth-order valence-electron chi connectivity index (χ4n) is 2.73. The van der Waals surface area contributed by atoms with Crippen molar-refractivity contribution < 1.29 is 29.0 Å². The molecule has 0 rings (SSSR count). The lowest BCUT2D eigenvalue weighted by Crippen LogP contribution is -2.32.